The standard InChI is InChI=1S/C29H40N2O/c1-18(2)32-22-11-13-28(3)21(16-22)6-7-23-25-9-8-24(29(25,4)14-12-26(23)28)19-5-10-27-20(15-19)17-30-31-27/h5-6,10,15,17-18,22-26H,7-9,11-14,16H2,1-4H3,(H,30,31)/t22-,23+,24-,25+,26+,28+,29-/m1/s1. The molecule has 32 heavy (non-hydrogen) atoms. The summed E-state index contributed by atoms with van der Waals surface area (Å²) in [5.41, 5.74) is 5.30. The van der Waals surface area contributed by atoms with Crippen molar-refractivity contribution < 1.29 is 4.74 Å². The van der Waals surface area contributed by atoms with Gasteiger partial charge in [0.25, 0.3) is 0 Å². The Morgan fingerprint density at radius 2 is 1.94 bits per heavy atom. The molecule has 172 valence electrons. The maximum atomic E-state index is 6.25. The van der Waals surface area contributed by atoms with Crippen molar-refractivity contribution in [2.75, 3.05) is 0 Å². The second-order valence-electron chi connectivity index (χ2n) is 12.2. The number of nitrogens with one attached hydrogen (secondary N) is 1. The van der Waals surface area contributed by atoms with E-state index in [1.54, 1.807) is 11.1 Å². The summed E-state index contributed by atoms with van der Waals surface area (Å²) in [5.74, 6) is 3.30. The zero-order valence-corrected chi connectivity index (χ0v) is 20.4. The zero-order chi connectivity index (χ0) is 22.1. The van der Waals surface area contributed by atoms with E-state index in [0.717, 1.165) is 23.3 Å². The predicted molar refractivity (Wildman–Crippen MR) is 131 cm³/mol. The molecule has 3 heteroatoms. The van der Waals surface area contributed by atoms with Gasteiger partial charge in [-0.3, -0.25) is 5.10 Å². The van der Waals surface area contributed by atoms with Crippen LogP contribution in [0.1, 0.15) is 90.5 Å². The molecular formula is C29H40N2O. The van der Waals surface area contributed by atoms with Crippen LogP contribution < -0.4 is 0 Å². The minimum atomic E-state index is 0.341. The van der Waals surface area contributed by atoms with Crippen LogP contribution in [-0.4, -0.2) is 22.4 Å². The van der Waals surface area contributed by atoms with Gasteiger partial charge in [-0.05, 0) is 117 Å². The topological polar surface area (TPSA) is 37.9 Å². The molecule has 2 aromatic rings. The maximum Gasteiger partial charge on any atom is 0.0650 e. The molecule has 0 saturated heterocycles. The van der Waals surface area contributed by atoms with E-state index in [1.165, 1.54) is 56.8 Å². The first-order valence-corrected chi connectivity index (χ1v) is 13.2. The van der Waals surface area contributed by atoms with E-state index in [4.69, 9.17) is 4.74 Å². The van der Waals surface area contributed by atoms with Gasteiger partial charge in [-0.15, -0.1) is 0 Å². The summed E-state index contributed by atoms with van der Waals surface area (Å²) in [6.07, 6.45) is 16.0. The van der Waals surface area contributed by atoms with Gasteiger partial charge in [0.05, 0.1) is 23.9 Å². The Morgan fingerprint density at radius 1 is 1.06 bits per heavy atom. The van der Waals surface area contributed by atoms with Gasteiger partial charge in [0, 0.05) is 5.39 Å². The van der Waals surface area contributed by atoms with Crippen LogP contribution in [0.4, 0.5) is 0 Å². The Bertz CT molecular complexity index is 1040. The van der Waals surface area contributed by atoms with Crippen LogP contribution in [0.25, 0.3) is 10.9 Å². The van der Waals surface area contributed by atoms with Crippen molar-refractivity contribution in [2.45, 2.75) is 97.2 Å². The SMILES string of the molecule is CC(C)O[C@@H]1CC[C@@]2(C)C(=CC[C@H]3[C@@H]4CC[C@H](c5ccc6[nH]ncc6c5)[C@@]4(C)CC[C@@H]32)C1. The van der Waals surface area contributed by atoms with E-state index < -0.39 is 0 Å². The molecule has 0 bridgehead atoms. The molecule has 4 aliphatic rings. The number of hydrogen-bond donors (Lipinski definition) is 1. The second-order valence-corrected chi connectivity index (χ2v) is 12.2. The van der Waals surface area contributed by atoms with Crippen molar-refractivity contribution in [2.24, 2.45) is 28.6 Å². The normalized spacial score (nSPS) is 41.3. The molecule has 0 spiro atoms. The largest absolute Gasteiger partial charge is 0.375 e. The first kappa shape index (κ1) is 21.0. The van der Waals surface area contributed by atoms with Crippen LogP contribution in [0, 0.1) is 28.6 Å². The highest BCUT2D eigenvalue weighted by molar-refractivity contribution is 5.78. The van der Waals surface area contributed by atoms with Gasteiger partial charge >= 0.3 is 0 Å². The molecule has 1 N–H and O–H groups in total. The van der Waals surface area contributed by atoms with Gasteiger partial charge in [0.1, 0.15) is 0 Å². The highest BCUT2D eigenvalue weighted by Gasteiger charge is 2.58. The number of nitrogens with zero attached hydrogens (tertiary/aromatic N) is 1. The van der Waals surface area contributed by atoms with Crippen LogP contribution in [0.15, 0.2) is 36.0 Å². The number of fused-ring (bicyclic) bond motifs is 6. The zero-order valence-electron chi connectivity index (χ0n) is 20.4. The minimum Gasteiger partial charge on any atom is -0.375 e. The molecule has 1 heterocycles. The third-order valence-electron chi connectivity index (χ3n) is 10.4. The number of hydrogen-bond acceptors (Lipinski definition) is 2. The predicted octanol–water partition coefficient (Wildman–Crippen LogP) is 7.40. The lowest BCUT2D eigenvalue weighted by Gasteiger charge is -2.58. The molecule has 3 nitrogen and oxygen atoms in total. The first-order chi connectivity index (χ1) is 15.4. The Labute approximate surface area is 193 Å². The van der Waals surface area contributed by atoms with E-state index in [2.05, 4.69) is 62.2 Å². The van der Waals surface area contributed by atoms with E-state index in [9.17, 15) is 0 Å². The third-order valence-corrected chi connectivity index (χ3v) is 10.4. The quantitative estimate of drug-likeness (QED) is 0.513. The fourth-order valence-corrected chi connectivity index (χ4v) is 8.85. The van der Waals surface area contributed by atoms with E-state index in [1.807, 2.05) is 6.20 Å². The average molecular weight is 433 g/mol. The molecule has 1 aromatic heterocycles. The number of aromatic amines is 1. The summed E-state index contributed by atoms with van der Waals surface area (Å²) in [4.78, 5) is 0. The molecule has 0 radical (unpaired) electrons. The van der Waals surface area contributed by atoms with Crippen molar-refractivity contribution >= 4 is 10.9 Å². The number of H-pyrrole nitrogens is 1. The van der Waals surface area contributed by atoms with Gasteiger partial charge in [-0.25, -0.2) is 0 Å². The average Bonchev–Trinajstić information content (AvgIpc) is 3.36. The highest BCUT2D eigenvalue weighted by atomic mass is 16.5. The summed E-state index contributed by atoms with van der Waals surface area (Å²) in [6.45, 7) is 9.62. The lowest BCUT2D eigenvalue weighted by atomic mass is 9.47. The Hall–Kier alpha value is -1.61. The third kappa shape index (κ3) is 3.06. The number of benzene rings is 1. The van der Waals surface area contributed by atoms with E-state index in [0.29, 0.717) is 29.0 Å². The van der Waals surface area contributed by atoms with Gasteiger partial charge in [0.15, 0.2) is 0 Å². The van der Waals surface area contributed by atoms with Gasteiger partial charge in [0.2, 0.25) is 0 Å². The number of rotatable bonds is 3. The lowest BCUT2D eigenvalue weighted by molar-refractivity contribution is -0.0610. The van der Waals surface area contributed by atoms with Crippen molar-refractivity contribution in [1.29, 1.82) is 0 Å². The van der Waals surface area contributed by atoms with Crippen LogP contribution in [0.2, 0.25) is 0 Å². The molecule has 7 atom stereocenters. The number of ether oxygens (including phenoxy) is 1. The van der Waals surface area contributed by atoms with Crippen molar-refractivity contribution in [3.8, 4) is 0 Å². The maximum absolute atomic E-state index is 6.25. The summed E-state index contributed by atoms with van der Waals surface area (Å²) in [6, 6.07) is 7.04. The van der Waals surface area contributed by atoms with Crippen LogP contribution in [-0.2, 0) is 4.74 Å². The van der Waals surface area contributed by atoms with Gasteiger partial charge in [-0.1, -0.05) is 31.6 Å². The summed E-state index contributed by atoms with van der Waals surface area (Å²) in [5, 5.41) is 8.63. The molecule has 1 aromatic carbocycles. The molecule has 0 amide bonds. The minimum absolute atomic E-state index is 0.341. The van der Waals surface area contributed by atoms with E-state index in [-0.39, 0.29) is 0 Å². The van der Waals surface area contributed by atoms with Gasteiger partial charge < -0.3 is 4.74 Å². The van der Waals surface area contributed by atoms with Crippen LogP contribution in [0.5, 0.6) is 0 Å². The first-order valence-electron chi connectivity index (χ1n) is 13.2. The summed E-state index contributed by atoms with van der Waals surface area (Å²) in [7, 11) is 0. The highest BCUT2D eigenvalue weighted by Crippen LogP contribution is 2.68. The van der Waals surface area contributed by atoms with E-state index >= 15 is 0 Å². The Kier molecular flexibility index (Phi) is 4.88. The Balaban J connectivity index is 1.27. The van der Waals surface area contributed by atoms with Crippen LogP contribution >= 0.6 is 0 Å². The fourth-order valence-electron chi connectivity index (χ4n) is 8.85. The van der Waals surface area contributed by atoms with Crippen molar-refractivity contribution in [3.63, 3.8) is 0 Å². The molecular weight excluding hydrogens is 392 g/mol. The fraction of sp³-hybridized carbons (Fsp3) is 0.690. The smallest absolute Gasteiger partial charge is 0.0650 e. The van der Waals surface area contributed by atoms with Crippen molar-refractivity contribution in [3.05, 3.63) is 41.6 Å². The molecule has 4 aliphatic carbocycles. The number of aromatic nitrogens is 2. The molecule has 3 saturated carbocycles. The van der Waals surface area contributed by atoms with Gasteiger partial charge in [-0.2, -0.15) is 5.10 Å². The number of allylic oxidation sites excluding steroid dienone is 1. The lowest BCUT2D eigenvalue weighted by Crippen LogP contribution is -2.50. The summed E-state index contributed by atoms with van der Waals surface area (Å²) < 4.78 is 6.25. The molecule has 6 rings (SSSR count). The molecule has 0 unspecified atom stereocenters. The second kappa shape index (κ2) is 7.45. The van der Waals surface area contributed by atoms with Crippen LogP contribution in [0.3, 0.4) is 0 Å². The summed E-state index contributed by atoms with van der Waals surface area (Å²) >= 11 is 0. The molecule has 0 aliphatic heterocycles. The van der Waals surface area contributed by atoms with Crippen molar-refractivity contribution in [1.82, 2.24) is 10.2 Å². The molecule has 3 fully saturated rings. The monoisotopic (exact) mass is 432 g/mol. The Morgan fingerprint density at radius 3 is 2.78 bits per heavy atom.